The Morgan fingerprint density at radius 3 is 2.50 bits per heavy atom. The van der Waals surface area contributed by atoms with Crippen molar-refractivity contribution in [3.63, 3.8) is 0 Å². The van der Waals surface area contributed by atoms with Gasteiger partial charge in [0.15, 0.2) is 0 Å². The fourth-order valence-corrected chi connectivity index (χ4v) is 3.62. The summed E-state index contributed by atoms with van der Waals surface area (Å²) >= 11 is 0. The number of hydrogen-bond acceptors (Lipinski definition) is 1. The van der Waals surface area contributed by atoms with Crippen LogP contribution in [0.3, 0.4) is 0 Å². The van der Waals surface area contributed by atoms with Gasteiger partial charge in [-0.15, -0.1) is 0 Å². The molecule has 0 amide bonds. The molecule has 1 nitrogen and oxygen atoms in total. The molecule has 0 unspecified atom stereocenters. The first-order chi connectivity index (χ1) is 9.70. The lowest BCUT2D eigenvalue weighted by Gasteiger charge is -2.31. The third-order valence-corrected chi connectivity index (χ3v) is 4.38. The van der Waals surface area contributed by atoms with E-state index in [1.807, 2.05) is 0 Å². The van der Waals surface area contributed by atoms with Gasteiger partial charge in [0.05, 0.1) is 0 Å². The van der Waals surface area contributed by atoms with Gasteiger partial charge in [-0.3, -0.25) is 0 Å². The Balaban J connectivity index is 1.75. The van der Waals surface area contributed by atoms with E-state index in [2.05, 4.69) is 61.6 Å². The molecule has 0 heterocycles. The summed E-state index contributed by atoms with van der Waals surface area (Å²) in [6.45, 7) is 6.88. The zero-order chi connectivity index (χ0) is 14.3. The zero-order valence-corrected chi connectivity index (χ0v) is 13.1. The Labute approximate surface area is 124 Å². The molecule has 1 aliphatic carbocycles. The minimum Gasteiger partial charge on any atom is -0.313 e. The summed E-state index contributed by atoms with van der Waals surface area (Å²) in [4.78, 5) is 0. The van der Waals surface area contributed by atoms with Crippen molar-refractivity contribution >= 4 is 6.08 Å². The SMILES string of the molecule is CC(C)CC1(CNC/C=C/c2ccccc2)CCCC1. The molecule has 20 heavy (non-hydrogen) atoms. The smallest absolute Gasteiger partial charge is 0.0138 e. The Bertz CT molecular complexity index is 399. The lowest BCUT2D eigenvalue weighted by atomic mass is 9.78. The molecule has 0 aliphatic heterocycles. The van der Waals surface area contributed by atoms with E-state index in [-0.39, 0.29) is 0 Å². The van der Waals surface area contributed by atoms with Crippen LogP contribution in [0.15, 0.2) is 36.4 Å². The number of benzene rings is 1. The Morgan fingerprint density at radius 2 is 1.85 bits per heavy atom. The molecule has 1 aromatic carbocycles. The summed E-state index contributed by atoms with van der Waals surface area (Å²) in [5.74, 6) is 0.815. The summed E-state index contributed by atoms with van der Waals surface area (Å²) in [6, 6.07) is 10.5. The molecule has 0 aromatic heterocycles. The highest BCUT2D eigenvalue weighted by Crippen LogP contribution is 2.42. The molecule has 1 fully saturated rings. The van der Waals surface area contributed by atoms with Gasteiger partial charge in [0.2, 0.25) is 0 Å². The van der Waals surface area contributed by atoms with Gasteiger partial charge in [0.1, 0.15) is 0 Å². The maximum absolute atomic E-state index is 3.66. The van der Waals surface area contributed by atoms with Gasteiger partial charge in [-0.2, -0.15) is 0 Å². The predicted octanol–water partition coefficient (Wildman–Crippen LogP) is 4.90. The van der Waals surface area contributed by atoms with Gasteiger partial charge in [-0.1, -0.05) is 69.2 Å². The lowest BCUT2D eigenvalue weighted by molar-refractivity contribution is 0.227. The first-order valence-corrected chi connectivity index (χ1v) is 8.13. The Kier molecular flexibility index (Phi) is 5.85. The second kappa shape index (κ2) is 7.64. The standard InChI is InChI=1S/C19H29N/c1-17(2)15-19(12-6-7-13-19)16-20-14-8-11-18-9-4-3-5-10-18/h3-5,8-11,17,20H,6-7,12-16H2,1-2H3/b11-8+. The van der Waals surface area contributed by atoms with E-state index in [9.17, 15) is 0 Å². The quantitative estimate of drug-likeness (QED) is 0.696. The molecule has 0 bridgehead atoms. The number of rotatable bonds is 7. The first kappa shape index (κ1) is 15.3. The maximum Gasteiger partial charge on any atom is 0.0138 e. The topological polar surface area (TPSA) is 12.0 Å². The van der Waals surface area contributed by atoms with Crippen LogP contribution in [0.5, 0.6) is 0 Å². The second-order valence-electron chi connectivity index (χ2n) is 6.75. The van der Waals surface area contributed by atoms with Crippen molar-refractivity contribution in [1.82, 2.24) is 5.32 Å². The normalized spacial score (nSPS) is 18.1. The van der Waals surface area contributed by atoms with E-state index in [1.165, 1.54) is 44.2 Å². The largest absolute Gasteiger partial charge is 0.313 e. The second-order valence-corrected chi connectivity index (χ2v) is 6.75. The van der Waals surface area contributed by atoms with Gasteiger partial charge in [-0.25, -0.2) is 0 Å². The van der Waals surface area contributed by atoms with Crippen molar-refractivity contribution in [3.8, 4) is 0 Å². The molecule has 1 aromatic rings. The molecule has 0 atom stereocenters. The molecule has 1 aliphatic rings. The fraction of sp³-hybridized carbons (Fsp3) is 0.579. The molecule has 0 spiro atoms. The van der Waals surface area contributed by atoms with Crippen molar-refractivity contribution in [1.29, 1.82) is 0 Å². The third kappa shape index (κ3) is 4.79. The van der Waals surface area contributed by atoms with Crippen LogP contribution in [0.4, 0.5) is 0 Å². The van der Waals surface area contributed by atoms with E-state index in [4.69, 9.17) is 0 Å². The summed E-state index contributed by atoms with van der Waals surface area (Å²) < 4.78 is 0. The predicted molar refractivity (Wildman–Crippen MR) is 88.7 cm³/mol. The monoisotopic (exact) mass is 271 g/mol. The molecular formula is C19H29N. The zero-order valence-electron chi connectivity index (χ0n) is 13.1. The molecule has 0 saturated heterocycles. The van der Waals surface area contributed by atoms with Crippen LogP contribution < -0.4 is 5.32 Å². The van der Waals surface area contributed by atoms with E-state index in [1.54, 1.807) is 0 Å². The van der Waals surface area contributed by atoms with Crippen LogP contribution in [0.1, 0.15) is 51.5 Å². The highest BCUT2D eigenvalue weighted by molar-refractivity contribution is 5.48. The Hall–Kier alpha value is -1.08. The molecular weight excluding hydrogens is 242 g/mol. The van der Waals surface area contributed by atoms with Crippen molar-refractivity contribution < 1.29 is 0 Å². The molecule has 0 radical (unpaired) electrons. The maximum atomic E-state index is 3.66. The van der Waals surface area contributed by atoms with Crippen LogP contribution in [0.2, 0.25) is 0 Å². The summed E-state index contributed by atoms with van der Waals surface area (Å²) in [5, 5.41) is 3.66. The number of nitrogens with one attached hydrogen (secondary N) is 1. The van der Waals surface area contributed by atoms with Gasteiger partial charge in [0, 0.05) is 13.1 Å². The summed E-state index contributed by atoms with van der Waals surface area (Å²) in [6.07, 6.45) is 11.5. The molecule has 1 heteroatoms. The highest BCUT2D eigenvalue weighted by atomic mass is 14.9. The average Bonchev–Trinajstić information content (AvgIpc) is 2.87. The van der Waals surface area contributed by atoms with Crippen molar-refractivity contribution in [2.24, 2.45) is 11.3 Å². The molecule has 110 valence electrons. The summed E-state index contributed by atoms with van der Waals surface area (Å²) in [7, 11) is 0. The van der Waals surface area contributed by atoms with Crippen LogP contribution >= 0.6 is 0 Å². The van der Waals surface area contributed by atoms with Crippen molar-refractivity contribution in [2.75, 3.05) is 13.1 Å². The highest BCUT2D eigenvalue weighted by Gasteiger charge is 2.33. The minimum absolute atomic E-state index is 0.578. The van der Waals surface area contributed by atoms with Gasteiger partial charge >= 0.3 is 0 Å². The van der Waals surface area contributed by atoms with Crippen molar-refractivity contribution in [2.45, 2.75) is 46.0 Å². The van der Waals surface area contributed by atoms with E-state index < -0.39 is 0 Å². The van der Waals surface area contributed by atoms with Crippen LogP contribution in [0.25, 0.3) is 6.08 Å². The van der Waals surface area contributed by atoms with Gasteiger partial charge in [-0.05, 0) is 36.2 Å². The van der Waals surface area contributed by atoms with Gasteiger partial charge in [0.25, 0.3) is 0 Å². The molecule has 1 saturated carbocycles. The number of hydrogen-bond donors (Lipinski definition) is 1. The first-order valence-electron chi connectivity index (χ1n) is 8.13. The lowest BCUT2D eigenvalue weighted by Crippen LogP contribution is -2.33. The van der Waals surface area contributed by atoms with E-state index >= 15 is 0 Å². The Morgan fingerprint density at radius 1 is 1.15 bits per heavy atom. The van der Waals surface area contributed by atoms with Crippen LogP contribution in [0, 0.1) is 11.3 Å². The van der Waals surface area contributed by atoms with Crippen LogP contribution in [-0.2, 0) is 0 Å². The van der Waals surface area contributed by atoms with Crippen LogP contribution in [-0.4, -0.2) is 13.1 Å². The van der Waals surface area contributed by atoms with Crippen molar-refractivity contribution in [3.05, 3.63) is 42.0 Å². The third-order valence-electron chi connectivity index (χ3n) is 4.38. The fourth-order valence-electron chi connectivity index (χ4n) is 3.62. The van der Waals surface area contributed by atoms with E-state index in [0.717, 1.165) is 12.5 Å². The average molecular weight is 271 g/mol. The minimum atomic E-state index is 0.578. The van der Waals surface area contributed by atoms with Gasteiger partial charge < -0.3 is 5.32 Å². The molecule has 2 rings (SSSR count). The molecule has 1 N–H and O–H groups in total. The van der Waals surface area contributed by atoms with E-state index in [0.29, 0.717) is 5.41 Å². The summed E-state index contributed by atoms with van der Waals surface area (Å²) in [5.41, 5.74) is 1.86.